The Morgan fingerprint density at radius 3 is 2.79 bits per heavy atom. The fraction of sp³-hybridized carbons (Fsp3) is 0.556. The molecule has 0 aliphatic rings. The molecule has 0 amide bonds. The number of carbonyl (C=O) groups is 1. The number of imidazole rings is 1. The van der Waals surface area contributed by atoms with Gasteiger partial charge in [0, 0.05) is 6.04 Å². The van der Waals surface area contributed by atoms with Crippen LogP contribution in [0.4, 0.5) is 0 Å². The van der Waals surface area contributed by atoms with Crippen molar-refractivity contribution in [1.29, 1.82) is 0 Å². The Kier molecular flexibility index (Phi) is 3.24. The van der Waals surface area contributed by atoms with Crippen LogP contribution in [-0.4, -0.2) is 22.6 Å². The summed E-state index contributed by atoms with van der Waals surface area (Å²) in [6.07, 6.45) is 3.24. The zero-order valence-electron chi connectivity index (χ0n) is 8.60. The first-order valence-corrected chi connectivity index (χ1v) is 4.43. The van der Waals surface area contributed by atoms with Crippen LogP contribution in [0.2, 0.25) is 0 Å². The molecule has 5 nitrogen and oxygen atoms in total. The molecule has 0 radical (unpaired) electrons. The van der Waals surface area contributed by atoms with Gasteiger partial charge in [0.1, 0.15) is 6.04 Å². The van der Waals surface area contributed by atoms with Crippen molar-refractivity contribution in [3.63, 3.8) is 0 Å². The maximum absolute atomic E-state index is 11.2. The van der Waals surface area contributed by atoms with Crippen molar-refractivity contribution in [3.05, 3.63) is 18.2 Å². The lowest BCUT2D eigenvalue weighted by atomic mass is 10.2. The van der Waals surface area contributed by atoms with Gasteiger partial charge >= 0.3 is 5.97 Å². The van der Waals surface area contributed by atoms with E-state index in [9.17, 15) is 4.79 Å². The minimum Gasteiger partial charge on any atom is -0.468 e. The van der Waals surface area contributed by atoms with Gasteiger partial charge in [0.05, 0.1) is 25.3 Å². The first-order valence-electron chi connectivity index (χ1n) is 4.43. The number of nitrogens with two attached hydrogens (primary N) is 1. The fourth-order valence-electron chi connectivity index (χ4n) is 1.23. The summed E-state index contributed by atoms with van der Waals surface area (Å²) in [7, 11) is 1.32. The van der Waals surface area contributed by atoms with Crippen molar-refractivity contribution in [1.82, 2.24) is 9.55 Å². The van der Waals surface area contributed by atoms with E-state index >= 15 is 0 Å². The third-order valence-electron chi connectivity index (χ3n) is 2.03. The molecule has 1 atom stereocenters. The maximum atomic E-state index is 11.2. The Morgan fingerprint density at radius 1 is 1.64 bits per heavy atom. The number of nitrogens with zero attached hydrogens (tertiary/aromatic N) is 2. The largest absolute Gasteiger partial charge is 0.468 e. The molecule has 1 heterocycles. The van der Waals surface area contributed by atoms with E-state index in [1.807, 2.05) is 18.4 Å². The average molecular weight is 197 g/mol. The predicted octanol–water partition coefficient (Wildman–Crippen LogP) is 0.637. The van der Waals surface area contributed by atoms with Gasteiger partial charge in [-0.1, -0.05) is 0 Å². The van der Waals surface area contributed by atoms with E-state index < -0.39 is 12.0 Å². The second-order valence-electron chi connectivity index (χ2n) is 3.32. The molecule has 0 spiro atoms. The normalized spacial score (nSPS) is 12.9. The molecule has 1 unspecified atom stereocenters. The standard InChI is InChI=1S/C9H15N3O2/c1-6(2)12-5-11-4-7(12)8(10)9(13)14-3/h4-6,8H,10H2,1-3H3. The highest BCUT2D eigenvalue weighted by Gasteiger charge is 2.20. The predicted molar refractivity (Wildman–Crippen MR) is 51.6 cm³/mol. The summed E-state index contributed by atoms with van der Waals surface area (Å²) in [6, 6.07) is -0.534. The molecule has 0 saturated heterocycles. The van der Waals surface area contributed by atoms with E-state index in [0.29, 0.717) is 5.69 Å². The highest BCUT2D eigenvalue weighted by Crippen LogP contribution is 2.15. The SMILES string of the molecule is COC(=O)C(N)c1cncn1C(C)C. The molecular formula is C9H15N3O2. The van der Waals surface area contributed by atoms with Crippen molar-refractivity contribution < 1.29 is 9.53 Å². The number of aromatic nitrogens is 2. The summed E-state index contributed by atoms with van der Waals surface area (Å²) in [5.74, 6) is -0.451. The quantitative estimate of drug-likeness (QED) is 0.722. The molecule has 0 aliphatic heterocycles. The van der Waals surface area contributed by atoms with Gasteiger partial charge in [0.15, 0.2) is 0 Å². The maximum Gasteiger partial charge on any atom is 0.328 e. The molecule has 2 N–H and O–H groups in total. The third-order valence-corrected chi connectivity index (χ3v) is 2.03. The van der Waals surface area contributed by atoms with E-state index in [0.717, 1.165) is 0 Å². The third kappa shape index (κ3) is 1.93. The molecule has 0 aliphatic carbocycles. The Balaban J connectivity index is 2.94. The number of hydrogen-bond acceptors (Lipinski definition) is 4. The van der Waals surface area contributed by atoms with Crippen molar-refractivity contribution >= 4 is 5.97 Å². The fourth-order valence-corrected chi connectivity index (χ4v) is 1.23. The summed E-state index contributed by atoms with van der Waals surface area (Å²) < 4.78 is 6.41. The number of hydrogen-bond donors (Lipinski definition) is 1. The number of rotatable bonds is 3. The summed E-state index contributed by atoms with van der Waals surface area (Å²) in [5.41, 5.74) is 6.37. The van der Waals surface area contributed by atoms with Gasteiger partial charge < -0.3 is 15.0 Å². The molecule has 1 aromatic rings. The highest BCUT2D eigenvalue weighted by atomic mass is 16.5. The van der Waals surface area contributed by atoms with Crippen LogP contribution >= 0.6 is 0 Å². The van der Waals surface area contributed by atoms with E-state index in [1.165, 1.54) is 7.11 Å². The van der Waals surface area contributed by atoms with E-state index in [1.54, 1.807) is 12.5 Å². The van der Waals surface area contributed by atoms with Crippen LogP contribution in [0.15, 0.2) is 12.5 Å². The first kappa shape index (κ1) is 10.7. The van der Waals surface area contributed by atoms with Crippen LogP contribution in [0.3, 0.4) is 0 Å². The lowest BCUT2D eigenvalue weighted by Crippen LogP contribution is -2.25. The van der Waals surface area contributed by atoms with Crippen LogP contribution in [0.25, 0.3) is 0 Å². The van der Waals surface area contributed by atoms with Gasteiger partial charge in [0.25, 0.3) is 0 Å². The Labute approximate surface area is 82.9 Å². The molecule has 5 heteroatoms. The van der Waals surface area contributed by atoms with Crippen LogP contribution in [0.5, 0.6) is 0 Å². The molecule has 78 valence electrons. The van der Waals surface area contributed by atoms with Gasteiger partial charge in [-0.05, 0) is 13.8 Å². The zero-order chi connectivity index (χ0) is 10.7. The van der Waals surface area contributed by atoms with Gasteiger partial charge in [-0.3, -0.25) is 0 Å². The molecular weight excluding hydrogens is 182 g/mol. The van der Waals surface area contributed by atoms with Crippen molar-refractivity contribution in [2.75, 3.05) is 7.11 Å². The second kappa shape index (κ2) is 4.23. The van der Waals surface area contributed by atoms with Crippen LogP contribution in [0, 0.1) is 0 Å². The van der Waals surface area contributed by atoms with Gasteiger partial charge in [0.2, 0.25) is 0 Å². The number of carbonyl (C=O) groups excluding carboxylic acids is 1. The van der Waals surface area contributed by atoms with E-state index in [2.05, 4.69) is 9.72 Å². The monoisotopic (exact) mass is 197 g/mol. The second-order valence-corrected chi connectivity index (χ2v) is 3.32. The topological polar surface area (TPSA) is 70.1 Å². The van der Waals surface area contributed by atoms with Gasteiger partial charge in [-0.15, -0.1) is 0 Å². The molecule has 0 fully saturated rings. The number of methoxy groups -OCH3 is 1. The Bertz CT molecular complexity index is 320. The summed E-state index contributed by atoms with van der Waals surface area (Å²) >= 11 is 0. The van der Waals surface area contributed by atoms with Crippen molar-refractivity contribution in [2.45, 2.75) is 25.9 Å². The van der Waals surface area contributed by atoms with Crippen molar-refractivity contribution in [2.24, 2.45) is 5.73 Å². The smallest absolute Gasteiger partial charge is 0.328 e. The van der Waals surface area contributed by atoms with Gasteiger partial charge in [-0.25, -0.2) is 9.78 Å². The van der Waals surface area contributed by atoms with E-state index in [-0.39, 0.29) is 6.04 Å². The average Bonchev–Trinajstić information content (AvgIpc) is 2.63. The van der Waals surface area contributed by atoms with Crippen LogP contribution in [0.1, 0.15) is 31.6 Å². The van der Waals surface area contributed by atoms with Crippen LogP contribution in [-0.2, 0) is 9.53 Å². The Hall–Kier alpha value is -1.36. The van der Waals surface area contributed by atoms with Crippen LogP contribution < -0.4 is 5.73 Å². The molecule has 1 aromatic heterocycles. The molecule has 0 saturated carbocycles. The summed E-state index contributed by atoms with van der Waals surface area (Å²) in [5, 5.41) is 0. The molecule has 0 aromatic carbocycles. The summed E-state index contributed by atoms with van der Waals surface area (Å²) in [4.78, 5) is 15.2. The zero-order valence-corrected chi connectivity index (χ0v) is 8.60. The Morgan fingerprint density at radius 2 is 2.29 bits per heavy atom. The van der Waals surface area contributed by atoms with Gasteiger partial charge in [-0.2, -0.15) is 0 Å². The molecule has 0 bridgehead atoms. The van der Waals surface area contributed by atoms with E-state index in [4.69, 9.17) is 5.73 Å². The minimum atomic E-state index is -0.759. The van der Waals surface area contributed by atoms with Crippen molar-refractivity contribution in [3.8, 4) is 0 Å². The highest BCUT2D eigenvalue weighted by molar-refractivity contribution is 5.76. The number of ether oxygens (including phenoxy) is 1. The molecule has 1 rings (SSSR count). The number of esters is 1. The summed E-state index contributed by atoms with van der Waals surface area (Å²) in [6.45, 7) is 3.99. The first-order chi connectivity index (χ1) is 6.57. The lowest BCUT2D eigenvalue weighted by Gasteiger charge is -2.15. The minimum absolute atomic E-state index is 0.225. The molecule has 14 heavy (non-hydrogen) atoms. The lowest BCUT2D eigenvalue weighted by molar-refractivity contribution is -0.142.